The molecule has 0 radical (unpaired) electrons. The van der Waals surface area contributed by atoms with Gasteiger partial charge in [0, 0.05) is 18.6 Å². The van der Waals surface area contributed by atoms with E-state index in [1.165, 1.54) is 23.5 Å². The monoisotopic (exact) mass is 305 g/mol. The highest BCUT2D eigenvalue weighted by Gasteiger charge is 2.53. The Kier molecular flexibility index (Phi) is 3.43. The lowest BCUT2D eigenvalue weighted by molar-refractivity contribution is 0.102. The van der Waals surface area contributed by atoms with E-state index in [4.69, 9.17) is 0 Å². The van der Waals surface area contributed by atoms with Crippen molar-refractivity contribution in [1.29, 1.82) is 0 Å². The molecule has 2 saturated carbocycles. The van der Waals surface area contributed by atoms with E-state index in [9.17, 15) is 4.79 Å². The molecule has 4 nitrogen and oxygen atoms in total. The van der Waals surface area contributed by atoms with E-state index >= 15 is 0 Å². The van der Waals surface area contributed by atoms with Gasteiger partial charge in [-0.15, -0.1) is 0 Å². The number of nitrogens with zero attached hydrogens (tertiary/aromatic N) is 2. The Hall–Kier alpha value is -1.23. The number of Topliss-reactive ketones (excluding diaryl/α,β-unsaturated/α-hetero) is 1. The second kappa shape index (κ2) is 4.90. The predicted octanol–water partition coefficient (Wildman–Crippen LogP) is 4.12. The second-order valence-corrected chi connectivity index (χ2v) is 8.06. The second-order valence-electron chi connectivity index (χ2n) is 7.06. The van der Waals surface area contributed by atoms with Crippen LogP contribution in [0.3, 0.4) is 0 Å². The minimum absolute atomic E-state index is 0.0704. The topological polar surface area (TPSA) is 54.4 Å². The molecule has 0 unspecified atom stereocenters. The van der Waals surface area contributed by atoms with Crippen LogP contribution in [-0.4, -0.2) is 16.5 Å². The van der Waals surface area contributed by atoms with Crippen LogP contribution in [0.1, 0.15) is 55.9 Å². The van der Waals surface area contributed by atoms with Crippen LogP contribution in [-0.2, 0) is 0 Å². The van der Waals surface area contributed by atoms with Crippen LogP contribution >= 0.6 is 11.3 Å². The lowest BCUT2D eigenvalue weighted by Gasteiger charge is -2.36. The van der Waals surface area contributed by atoms with Crippen molar-refractivity contribution in [2.24, 2.45) is 28.3 Å². The first kappa shape index (κ1) is 14.7. The van der Waals surface area contributed by atoms with Crippen LogP contribution < -0.4 is 5.43 Å². The molecule has 114 valence electrons. The van der Waals surface area contributed by atoms with Gasteiger partial charge in [-0.3, -0.25) is 10.2 Å². The van der Waals surface area contributed by atoms with Crippen molar-refractivity contribution in [3.05, 3.63) is 10.6 Å². The van der Waals surface area contributed by atoms with Gasteiger partial charge < -0.3 is 0 Å². The molecule has 0 aromatic carbocycles. The molecule has 21 heavy (non-hydrogen) atoms. The molecule has 1 aromatic rings. The number of aryl methyl sites for hydroxylation is 1. The van der Waals surface area contributed by atoms with Gasteiger partial charge >= 0.3 is 0 Å². The van der Waals surface area contributed by atoms with Gasteiger partial charge in [-0.2, -0.15) is 5.10 Å². The van der Waals surface area contributed by atoms with Crippen molar-refractivity contribution < 1.29 is 4.79 Å². The number of ketones is 1. The molecule has 3 atom stereocenters. The SMILES string of the molecule is CC(=O)c1sc(N/N=C2/C[C@@H]3C[C@@H]2[C@@H](C)C3(C)C)nc1C. The van der Waals surface area contributed by atoms with Crippen molar-refractivity contribution in [2.45, 2.75) is 47.5 Å². The van der Waals surface area contributed by atoms with Crippen LogP contribution in [0.5, 0.6) is 0 Å². The van der Waals surface area contributed by atoms with Gasteiger partial charge in [0.25, 0.3) is 0 Å². The standard InChI is InChI=1S/C16H23N3OS/c1-8-12-6-11(16(8,4)5)7-13(12)18-19-15-17-9(2)14(21-15)10(3)20/h8,11-12H,6-7H2,1-5H3,(H,17,19)/b18-13-/t8-,11+,12-/m1/s1. The lowest BCUT2D eigenvalue weighted by Crippen LogP contribution is -2.33. The lowest BCUT2D eigenvalue weighted by atomic mass is 9.69. The largest absolute Gasteiger partial charge is 0.294 e. The van der Waals surface area contributed by atoms with E-state index in [0.29, 0.717) is 17.3 Å². The fraction of sp³-hybridized carbons (Fsp3) is 0.688. The predicted molar refractivity (Wildman–Crippen MR) is 87.1 cm³/mol. The number of hydrogen-bond donors (Lipinski definition) is 1. The summed E-state index contributed by atoms with van der Waals surface area (Å²) in [6.45, 7) is 10.6. The maximum Gasteiger partial charge on any atom is 0.204 e. The van der Waals surface area contributed by atoms with Gasteiger partial charge in [-0.1, -0.05) is 32.1 Å². The summed E-state index contributed by atoms with van der Waals surface area (Å²) in [6, 6.07) is 0. The zero-order chi connectivity index (χ0) is 15.4. The Bertz CT molecular complexity index is 613. The molecular weight excluding hydrogens is 282 g/mol. The van der Waals surface area contributed by atoms with Gasteiger partial charge in [0.15, 0.2) is 5.78 Å². The van der Waals surface area contributed by atoms with E-state index in [0.717, 1.165) is 28.0 Å². The molecule has 0 saturated heterocycles. The molecule has 0 spiro atoms. The third-order valence-electron chi connectivity index (χ3n) is 5.66. The van der Waals surface area contributed by atoms with Crippen LogP contribution in [0.15, 0.2) is 5.10 Å². The summed E-state index contributed by atoms with van der Waals surface area (Å²) in [5.74, 6) is 2.11. The number of nitrogens with one attached hydrogen (secondary N) is 1. The summed E-state index contributed by atoms with van der Waals surface area (Å²) in [4.78, 5) is 16.6. The molecule has 2 aliphatic rings. The number of rotatable bonds is 3. The Labute approximate surface area is 130 Å². The first-order valence-corrected chi connectivity index (χ1v) is 8.43. The molecule has 3 rings (SSSR count). The number of hydrogen-bond acceptors (Lipinski definition) is 5. The van der Waals surface area contributed by atoms with Crippen molar-refractivity contribution in [3.8, 4) is 0 Å². The smallest absolute Gasteiger partial charge is 0.204 e. The number of fused-ring (bicyclic) bond motifs is 2. The third-order valence-corrected chi connectivity index (χ3v) is 6.83. The van der Waals surface area contributed by atoms with Gasteiger partial charge in [-0.05, 0) is 37.0 Å². The van der Waals surface area contributed by atoms with Gasteiger partial charge in [0.05, 0.1) is 10.6 Å². The minimum Gasteiger partial charge on any atom is -0.294 e. The van der Waals surface area contributed by atoms with E-state index in [2.05, 4.69) is 36.3 Å². The molecule has 5 heteroatoms. The average molecular weight is 305 g/mol. The van der Waals surface area contributed by atoms with Crippen molar-refractivity contribution >= 4 is 28.0 Å². The first-order valence-electron chi connectivity index (χ1n) is 7.61. The first-order chi connectivity index (χ1) is 9.80. The minimum atomic E-state index is 0.0704. The summed E-state index contributed by atoms with van der Waals surface area (Å²) < 4.78 is 0. The summed E-state index contributed by atoms with van der Waals surface area (Å²) in [5.41, 5.74) is 5.58. The molecule has 2 aliphatic carbocycles. The van der Waals surface area contributed by atoms with Crippen molar-refractivity contribution in [1.82, 2.24) is 4.98 Å². The fourth-order valence-corrected chi connectivity index (χ4v) is 4.70. The van der Waals surface area contributed by atoms with Crippen LogP contribution in [0.25, 0.3) is 0 Å². The summed E-state index contributed by atoms with van der Waals surface area (Å²) in [6.07, 6.45) is 2.36. The Balaban J connectivity index is 1.74. The highest BCUT2D eigenvalue weighted by Crippen LogP contribution is 2.57. The van der Waals surface area contributed by atoms with E-state index in [-0.39, 0.29) is 5.78 Å². The zero-order valence-corrected chi connectivity index (χ0v) is 14.2. The average Bonchev–Trinajstić information content (AvgIpc) is 3.03. The van der Waals surface area contributed by atoms with Crippen LogP contribution in [0, 0.1) is 30.1 Å². The van der Waals surface area contributed by atoms with Gasteiger partial charge in [-0.25, -0.2) is 4.98 Å². The molecular formula is C16H23N3OS. The number of anilines is 1. The highest BCUT2D eigenvalue weighted by molar-refractivity contribution is 7.17. The highest BCUT2D eigenvalue weighted by atomic mass is 32.1. The van der Waals surface area contributed by atoms with Crippen molar-refractivity contribution in [2.75, 3.05) is 5.43 Å². The molecule has 0 aliphatic heterocycles. The Morgan fingerprint density at radius 2 is 2.19 bits per heavy atom. The zero-order valence-electron chi connectivity index (χ0n) is 13.4. The number of aromatic nitrogens is 1. The number of carbonyl (C=O) groups excluding carboxylic acids is 1. The molecule has 1 heterocycles. The molecule has 0 amide bonds. The van der Waals surface area contributed by atoms with Crippen molar-refractivity contribution in [3.63, 3.8) is 0 Å². The Morgan fingerprint density at radius 1 is 1.48 bits per heavy atom. The number of thiazole rings is 1. The summed E-state index contributed by atoms with van der Waals surface area (Å²) in [5, 5.41) is 5.33. The molecule has 2 bridgehead atoms. The van der Waals surface area contributed by atoms with E-state index in [1.54, 1.807) is 6.92 Å². The normalized spacial score (nSPS) is 31.9. The van der Waals surface area contributed by atoms with Crippen LogP contribution in [0.2, 0.25) is 0 Å². The molecule has 2 fully saturated rings. The van der Waals surface area contributed by atoms with E-state index in [1.807, 2.05) is 6.92 Å². The fourth-order valence-electron chi connectivity index (χ4n) is 3.90. The third kappa shape index (κ3) is 2.31. The number of carbonyl (C=O) groups is 1. The maximum atomic E-state index is 11.5. The summed E-state index contributed by atoms with van der Waals surface area (Å²) >= 11 is 1.39. The van der Waals surface area contributed by atoms with Gasteiger partial charge in [0.2, 0.25) is 5.13 Å². The van der Waals surface area contributed by atoms with Gasteiger partial charge in [0.1, 0.15) is 0 Å². The summed E-state index contributed by atoms with van der Waals surface area (Å²) in [7, 11) is 0. The maximum absolute atomic E-state index is 11.5. The van der Waals surface area contributed by atoms with E-state index < -0.39 is 0 Å². The Morgan fingerprint density at radius 3 is 2.71 bits per heavy atom. The quantitative estimate of drug-likeness (QED) is 0.675. The molecule has 1 aromatic heterocycles. The number of hydrazone groups is 1. The molecule has 1 N–H and O–H groups in total. The van der Waals surface area contributed by atoms with Crippen LogP contribution in [0.4, 0.5) is 5.13 Å².